The Labute approximate surface area is 118 Å². The highest BCUT2D eigenvalue weighted by Crippen LogP contribution is 2.17. The number of aromatic nitrogens is 2. The van der Waals surface area contributed by atoms with Crippen LogP contribution in [-0.2, 0) is 11.8 Å². The van der Waals surface area contributed by atoms with E-state index in [9.17, 15) is 9.59 Å². The van der Waals surface area contributed by atoms with Gasteiger partial charge in [0.15, 0.2) is 0 Å². The lowest BCUT2D eigenvalue weighted by Crippen LogP contribution is -2.59. The minimum absolute atomic E-state index is 0.122. The number of carbonyl (C=O) groups is 2. The summed E-state index contributed by atoms with van der Waals surface area (Å²) in [6.07, 6.45) is 0. The number of piperazine rings is 1. The normalized spacial score (nSPS) is 19.0. The van der Waals surface area contributed by atoms with Gasteiger partial charge < -0.3 is 15.5 Å². The van der Waals surface area contributed by atoms with Gasteiger partial charge in [-0.15, -0.1) is 0 Å². The van der Waals surface area contributed by atoms with E-state index in [0.717, 1.165) is 5.69 Å². The first-order chi connectivity index (χ1) is 9.47. The SMILES string of the molecule is CNC(=O)C1CNCCN1C(=O)c1c(C)nn(C)c1C. The molecule has 0 spiro atoms. The van der Waals surface area contributed by atoms with E-state index in [1.54, 1.807) is 16.6 Å². The Balaban J connectivity index is 2.32. The molecule has 1 aromatic heterocycles. The molecular formula is C13H21N5O2. The topological polar surface area (TPSA) is 79.3 Å². The molecule has 2 N–H and O–H groups in total. The molecule has 1 saturated heterocycles. The van der Waals surface area contributed by atoms with Gasteiger partial charge in [0, 0.05) is 39.4 Å². The molecule has 7 heteroatoms. The van der Waals surface area contributed by atoms with Gasteiger partial charge in [0.25, 0.3) is 5.91 Å². The molecule has 1 aliphatic heterocycles. The van der Waals surface area contributed by atoms with Crippen molar-refractivity contribution in [2.45, 2.75) is 19.9 Å². The Bertz CT molecular complexity index is 537. The monoisotopic (exact) mass is 279 g/mol. The molecule has 2 amide bonds. The number of rotatable bonds is 2. The molecule has 0 saturated carbocycles. The summed E-state index contributed by atoms with van der Waals surface area (Å²) in [5.41, 5.74) is 2.12. The Kier molecular flexibility index (Phi) is 4.08. The highest BCUT2D eigenvalue weighted by Gasteiger charge is 2.34. The van der Waals surface area contributed by atoms with Gasteiger partial charge in [-0.2, -0.15) is 5.10 Å². The van der Waals surface area contributed by atoms with Crippen molar-refractivity contribution in [3.05, 3.63) is 17.0 Å². The van der Waals surface area contributed by atoms with Crippen LogP contribution in [0.25, 0.3) is 0 Å². The summed E-state index contributed by atoms with van der Waals surface area (Å²) in [5.74, 6) is -0.270. The van der Waals surface area contributed by atoms with Gasteiger partial charge in [-0.25, -0.2) is 0 Å². The van der Waals surface area contributed by atoms with Crippen LogP contribution in [0.2, 0.25) is 0 Å². The summed E-state index contributed by atoms with van der Waals surface area (Å²) >= 11 is 0. The second kappa shape index (κ2) is 5.62. The van der Waals surface area contributed by atoms with E-state index < -0.39 is 6.04 Å². The van der Waals surface area contributed by atoms with Crippen molar-refractivity contribution in [2.24, 2.45) is 7.05 Å². The van der Waals surface area contributed by atoms with E-state index in [0.29, 0.717) is 30.9 Å². The largest absolute Gasteiger partial charge is 0.357 e. The fraction of sp³-hybridized carbons (Fsp3) is 0.615. The molecule has 20 heavy (non-hydrogen) atoms. The maximum Gasteiger partial charge on any atom is 0.258 e. The summed E-state index contributed by atoms with van der Waals surface area (Å²) < 4.78 is 1.69. The van der Waals surface area contributed by atoms with Crippen molar-refractivity contribution in [1.29, 1.82) is 0 Å². The first-order valence-corrected chi connectivity index (χ1v) is 6.70. The van der Waals surface area contributed by atoms with Crippen LogP contribution in [0.5, 0.6) is 0 Å². The molecule has 110 valence electrons. The number of amides is 2. The Hall–Kier alpha value is -1.89. The lowest BCUT2D eigenvalue weighted by atomic mass is 10.1. The zero-order chi connectivity index (χ0) is 14.9. The highest BCUT2D eigenvalue weighted by atomic mass is 16.2. The van der Waals surface area contributed by atoms with Crippen molar-refractivity contribution in [3.8, 4) is 0 Å². The Morgan fingerprint density at radius 3 is 2.65 bits per heavy atom. The number of nitrogens with zero attached hydrogens (tertiary/aromatic N) is 3. The molecular weight excluding hydrogens is 258 g/mol. The number of carbonyl (C=O) groups excluding carboxylic acids is 2. The molecule has 7 nitrogen and oxygen atoms in total. The second-order valence-electron chi connectivity index (χ2n) is 5.00. The van der Waals surface area contributed by atoms with Crippen LogP contribution in [0.15, 0.2) is 0 Å². The lowest BCUT2D eigenvalue weighted by molar-refractivity contribution is -0.125. The second-order valence-corrected chi connectivity index (χ2v) is 5.00. The third-order valence-corrected chi connectivity index (χ3v) is 3.78. The quantitative estimate of drug-likeness (QED) is 0.742. The van der Waals surface area contributed by atoms with Crippen molar-refractivity contribution < 1.29 is 9.59 Å². The van der Waals surface area contributed by atoms with E-state index in [4.69, 9.17) is 0 Å². The summed E-state index contributed by atoms with van der Waals surface area (Å²) in [6, 6.07) is -0.472. The Morgan fingerprint density at radius 2 is 2.10 bits per heavy atom. The molecule has 0 aliphatic carbocycles. The standard InChI is InChI=1S/C13H21N5O2/c1-8-11(9(2)17(4)16-8)13(20)18-6-5-15-7-10(18)12(19)14-3/h10,15H,5-7H2,1-4H3,(H,14,19). The van der Waals surface area contributed by atoms with Gasteiger partial charge in [0.05, 0.1) is 11.3 Å². The van der Waals surface area contributed by atoms with Crippen LogP contribution in [-0.4, -0.2) is 59.2 Å². The van der Waals surface area contributed by atoms with E-state index in [2.05, 4.69) is 15.7 Å². The average Bonchev–Trinajstić information content (AvgIpc) is 2.70. The van der Waals surface area contributed by atoms with E-state index in [1.165, 1.54) is 0 Å². The van der Waals surface area contributed by atoms with Crippen LogP contribution in [0.4, 0.5) is 0 Å². The van der Waals surface area contributed by atoms with Crippen molar-refractivity contribution >= 4 is 11.8 Å². The summed E-state index contributed by atoms with van der Waals surface area (Å²) in [7, 11) is 3.40. The third kappa shape index (κ3) is 2.40. The number of likely N-dealkylation sites (N-methyl/N-ethyl adjacent to an activating group) is 1. The van der Waals surface area contributed by atoms with Gasteiger partial charge in [-0.1, -0.05) is 0 Å². The molecule has 0 radical (unpaired) electrons. The van der Waals surface area contributed by atoms with Crippen LogP contribution < -0.4 is 10.6 Å². The summed E-state index contributed by atoms with van der Waals surface area (Å²) in [4.78, 5) is 26.3. The van der Waals surface area contributed by atoms with E-state index >= 15 is 0 Å². The highest BCUT2D eigenvalue weighted by molar-refractivity contribution is 5.99. The van der Waals surface area contributed by atoms with Crippen molar-refractivity contribution in [3.63, 3.8) is 0 Å². The minimum atomic E-state index is -0.472. The fourth-order valence-corrected chi connectivity index (χ4v) is 2.57. The molecule has 1 aliphatic rings. The van der Waals surface area contributed by atoms with Gasteiger partial charge in [0.2, 0.25) is 5.91 Å². The first-order valence-electron chi connectivity index (χ1n) is 6.70. The Morgan fingerprint density at radius 1 is 1.40 bits per heavy atom. The molecule has 1 unspecified atom stereocenters. The predicted octanol–water partition coefficient (Wildman–Crippen LogP) is -0.803. The van der Waals surface area contributed by atoms with Gasteiger partial charge in [-0.3, -0.25) is 14.3 Å². The molecule has 0 bridgehead atoms. The fourth-order valence-electron chi connectivity index (χ4n) is 2.57. The van der Waals surface area contributed by atoms with Crippen LogP contribution in [0.3, 0.4) is 0 Å². The lowest BCUT2D eigenvalue weighted by Gasteiger charge is -2.35. The molecule has 2 heterocycles. The maximum atomic E-state index is 12.8. The molecule has 1 fully saturated rings. The number of hydrogen-bond acceptors (Lipinski definition) is 4. The smallest absolute Gasteiger partial charge is 0.258 e. The van der Waals surface area contributed by atoms with Crippen molar-refractivity contribution in [1.82, 2.24) is 25.3 Å². The maximum absolute atomic E-state index is 12.8. The van der Waals surface area contributed by atoms with Crippen molar-refractivity contribution in [2.75, 3.05) is 26.7 Å². The average molecular weight is 279 g/mol. The van der Waals surface area contributed by atoms with Gasteiger partial charge in [-0.05, 0) is 13.8 Å². The van der Waals surface area contributed by atoms with E-state index in [1.807, 2.05) is 20.9 Å². The number of nitrogens with one attached hydrogen (secondary N) is 2. The summed E-state index contributed by atoms with van der Waals surface area (Å²) in [5, 5.41) is 10.0. The van der Waals surface area contributed by atoms with E-state index in [-0.39, 0.29) is 11.8 Å². The summed E-state index contributed by atoms with van der Waals surface area (Å²) in [6.45, 7) is 5.37. The third-order valence-electron chi connectivity index (χ3n) is 3.78. The molecule has 0 aromatic carbocycles. The molecule has 1 atom stereocenters. The molecule has 2 rings (SSSR count). The predicted molar refractivity (Wildman–Crippen MR) is 74.4 cm³/mol. The minimum Gasteiger partial charge on any atom is -0.357 e. The van der Waals surface area contributed by atoms with Crippen LogP contribution in [0, 0.1) is 13.8 Å². The number of hydrogen-bond donors (Lipinski definition) is 2. The molecule has 1 aromatic rings. The van der Waals surface area contributed by atoms with Crippen LogP contribution in [0.1, 0.15) is 21.7 Å². The first kappa shape index (κ1) is 14.5. The zero-order valence-electron chi connectivity index (χ0n) is 12.4. The van der Waals surface area contributed by atoms with Gasteiger partial charge in [0.1, 0.15) is 6.04 Å². The van der Waals surface area contributed by atoms with Gasteiger partial charge >= 0.3 is 0 Å². The number of aryl methyl sites for hydroxylation is 2. The van der Waals surface area contributed by atoms with Crippen LogP contribution >= 0.6 is 0 Å². The zero-order valence-corrected chi connectivity index (χ0v) is 12.4.